The SMILES string of the molecule is Fc1cccnc1OCC12CCCOC1CCN(c1ncccn1)C2.O=C(O)C(F)(F)F. The van der Waals surface area contributed by atoms with Crippen LogP contribution in [0.2, 0.25) is 0 Å². The highest BCUT2D eigenvalue weighted by molar-refractivity contribution is 5.73. The van der Waals surface area contributed by atoms with Gasteiger partial charge < -0.3 is 19.5 Å². The van der Waals surface area contributed by atoms with Crippen LogP contribution in [0.15, 0.2) is 36.8 Å². The highest BCUT2D eigenvalue weighted by atomic mass is 19.4. The summed E-state index contributed by atoms with van der Waals surface area (Å²) in [5, 5.41) is 7.12. The van der Waals surface area contributed by atoms with Crippen molar-refractivity contribution in [2.24, 2.45) is 5.41 Å². The van der Waals surface area contributed by atoms with Crippen LogP contribution in [0.5, 0.6) is 5.88 Å². The number of piperidine rings is 1. The maximum atomic E-state index is 13.9. The molecule has 2 unspecified atom stereocenters. The van der Waals surface area contributed by atoms with Crippen LogP contribution in [0.4, 0.5) is 23.5 Å². The van der Waals surface area contributed by atoms with Gasteiger partial charge in [0.15, 0.2) is 5.82 Å². The van der Waals surface area contributed by atoms with Gasteiger partial charge in [-0.2, -0.15) is 13.2 Å². The Morgan fingerprint density at radius 1 is 1.25 bits per heavy atom. The number of anilines is 1. The molecule has 0 aromatic carbocycles. The van der Waals surface area contributed by atoms with Gasteiger partial charge >= 0.3 is 12.1 Å². The zero-order chi connectivity index (χ0) is 23.2. The Morgan fingerprint density at radius 2 is 1.94 bits per heavy atom. The number of fused-ring (bicyclic) bond motifs is 1. The first-order valence-corrected chi connectivity index (χ1v) is 9.88. The second kappa shape index (κ2) is 10.1. The van der Waals surface area contributed by atoms with Crippen LogP contribution in [0.1, 0.15) is 19.3 Å². The molecule has 2 aliphatic rings. The van der Waals surface area contributed by atoms with Crippen molar-refractivity contribution < 1.29 is 36.9 Å². The van der Waals surface area contributed by atoms with Crippen LogP contribution in [0.25, 0.3) is 0 Å². The normalized spacial score (nSPS) is 22.9. The molecular weight excluding hydrogens is 436 g/mol. The number of alkyl halides is 3. The molecule has 8 nitrogen and oxygen atoms in total. The second-order valence-corrected chi connectivity index (χ2v) is 7.47. The molecule has 0 amide bonds. The van der Waals surface area contributed by atoms with Gasteiger partial charge in [0.1, 0.15) is 0 Å². The van der Waals surface area contributed by atoms with Crippen molar-refractivity contribution in [2.75, 3.05) is 31.2 Å². The summed E-state index contributed by atoms with van der Waals surface area (Å²) >= 11 is 0. The number of hydrogen-bond donors (Lipinski definition) is 1. The third-order valence-electron chi connectivity index (χ3n) is 5.29. The van der Waals surface area contributed by atoms with Gasteiger partial charge in [0.05, 0.1) is 12.7 Å². The topological polar surface area (TPSA) is 97.7 Å². The van der Waals surface area contributed by atoms with Gasteiger partial charge in [-0.15, -0.1) is 0 Å². The van der Waals surface area contributed by atoms with Gasteiger partial charge in [-0.3, -0.25) is 0 Å². The lowest BCUT2D eigenvalue weighted by atomic mass is 9.73. The molecule has 32 heavy (non-hydrogen) atoms. The fraction of sp³-hybridized carbons (Fsp3) is 0.500. The smallest absolute Gasteiger partial charge is 0.475 e. The molecule has 2 saturated heterocycles. The van der Waals surface area contributed by atoms with Gasteiger partial charge in [0.25, 0.3) is 0 Å². The number of carboxylic acids is 1. The van der Waals surface area contributed by atoms with Crippen molar-refractivity contribution in [3.05, 3.63) is 42.6 Å². The molecule has 0 bridgehead atoms. The van der Waals surface area contributed by atoms with E-state index in [0.717, 1.165) is 44.9 Å². The highest BCUT2D eigenvalue weighted by Gasteiger charge is 2.47. The van der Waals surface area contributed by atoms with Crippen LogP contribution in [-0.4, -0.2) is 64.6 Å². The molecule has 4 rings (SSSR count). The minimum Gasteiger partial charge on any atom is -0.475 e. The molecule has 0 spiro atoms. The van der Waals surface area contributed by atoms with E-state index in [4.69, 9.17) is 19.4 Å². The first-order chi connectivity index (χ1) is 15.2. The Bertz CT molecular complexity index is 903. The molecule has 0 radical (unpaired) electrons. The first-order valence-electron chi connectivity index (χ1n) is 9.88. The van der Waals surface area contributed by atoms with Gasteiger partial charge in [-0.25, -0.2) is 24.1 Å². The quantitative estimate of drug-likeness (QED) is 0.699. The summed E-state index contributed by atoms with van der Waals surface area (Å²) in [7, 11) is 0. The molecule has 4 heterocycles. The monoisotopic (exact) mass is 458 g/mol. The Balaban J connectivity index is 0.000000360. The van der Waals surface area contributed by atoms with Crippen molar-refractivity contribution in [3.8, 4) is 5.88 Å². The lowest BCUT2D eigenvalue weighted by Crippen LogP contribution is -2.57. The number of ether oxygens (including phenoxy) is 2. The molecule has 0 aliphatic carbocycles. The summed E-state index contributed by atoms with van der Waals surface area (Å²) in [6.07, 6.45) is 2.87. The molecule has 2 aromatic rings. The number of rotatable bonds is 4. The Kier molecular flexibility index (Phi) is 7.44. The Labute approximate surface area is 181 Å². The van der Waals surface area contributed by atoms with E-state index in [0.29, 0.717) is 6.61 Å². The average molecular weight is 458 g/mol. The van der Waals surface area contributed by atoms with Gasteiger partial charge in [0.2, 0.25) is 11.8 Å². The lowest BCUT2D eigenvalue weighted by molar-refractivity contribution is -0.192. The van der Waals surface area contributed by atoms with Crippen LogP contribution in [-0.2, 0) is 9.53 Å². The van der Waals surface area contributed by atoms with E-state index in [-0.39, 0.29) is 17.4 Å². The fourth-order valence-corrected chi connectivity index (χ4v) is 3.82. The molecule has 1 N–H and O–H groups in total. The molecule has 0 saturated carbocycles. The summed E-state index contributed by atoms with van der Waals surface area (Å²) in [5.74, 6) is -2.43. The summed E-state index contributed by atoms with van der Waals surface area (Å²) in [6.45, 7) is 2.71. The zero-order valence-corrected chi connectivity index (χ0v) is 17.0. The molecular formula is C20H22F4N4O4. The van der Waals surface area contributed by atoms with Crippen LogP contribution < -0.4 is 9.64 Å². The van der Waals surface area contributed by atoms with Crippen molar-refractivity contribution in [2.45, 2.75) is 31.5 Å². The predicted molar refractivity (Wildman–Crippen MR) is 104 cm³/mol. The van der Waals surface area contributed by atoms with E-state index < -0.39 is 18.0 Å². The number of pyridine rings is 1. The lowest BCUT2D eigenvalue weighted by Gasteiger charge is -2.50. The molecule has 2 aromatic heterocycles. The molecule has 174 valence electrons. The summed E-state index contributed by atoms with van der Waals surface area (Å²) in [4.78, 5) is 23.8. The van der Waals surface area contributed by atoms with Gasteiger partial charge in [0, 0.05) is 43.7 Å². The van der Waals surface area contributed by atoms with E-state index in [1.54, 1.807) is 18.5 Å². The Hall–Kier alpha value is -3.02. The number of halogens is 4. The molecule has 2 fully saturated rings. The first kappa shape index (κ1) is 23.6. The van der Waals surface area contributed by atoms with Crippen LogP contribution >= 0.6 is 0 Å². The standard InChI is InChI=1S/C18H21FN4O2.C2HF3O2/c19-14-4-1-7-20-16(14)25-13-18-6-2-11-24-15(18)5-10-23(12-18)17-21-8-3-9-22-17;3-2(4,5)1(6)7/h1,3-4,7-9,15H,2,5-6,10-13H2;(H,6,7). The van der Waals surface area contributed by atoms with E-state index in [1.807, 2.05) is 6.07 Å². The largest absolute Gasteiger partial charge is 0.490 e. The molecule has 12 heteroatoms. The summed E-state index contributed by atoms with van der Waals surface area (Å²) < 4.78 is 57.4. The number of hydrogen-bond acceptors (Lipinski definition) is 7. The predicted octanol–water partition coefficient (Wildman–Crippen LogP) is 3.10. The van der Waals surface area contributed by atoms with Crippen LogP contribution in [0, 0.1) is 11.2 Å². The van der Waals surface area contributed by atoms with Crippen molar-refractivity contribution in [3.63, 3.8) is 0 Å². The van der Waals surface area contributed by atoms with E-state index >= 15 is 0 Å². The third kappa shape index (κ3) is 5.81. The zero-order valence-electron chi connectivity index (χ0n) is 17.0. The Morgan fingerprint density at radius 3 is 2.59 bits per heavy atom. The maximum absolute atomic E-state index is 13.9. The number of carbonyl (C=O) groups is 1. The van der Waals surface area contributed by atoms with Crippen molar-refractivity contribution >= 4 is 11.9 Å². The number of nitrogens with zero attached hydrogens (tertiary/aromatic N) is 4. The summed E-state index contributed by atoms with van der Waals surface area (Å²) in [6, 6.07) is 4.73. The van der Waals surface area contributed by atoms with Gasteiger partial charge in [-0.1, -0.05) is 0 Å². The average Bonchev–Trinajstić information content (AvgIpc) is 2.78. The minimum atomic E-state index is -5.08. The van der Waals surface area contributed by atoms with Crippen LogP contribution in [0.3, 0.4) is 0 Å². The number of carboxylic acid groups (broad SMARTS) is 1. The molecule has 2 atom stereocenters. The van der Waals surface area contributed by atoms with E-state index in [9.17, 15) is 17.6 Å². The van der Waals surface area contributed by atoms with Crippen molar-refractivity contribution in [1.82, 2.24) is 15.0 Å². The molecule has 2 aliphatic heterocycles. The third-order valence-corrected chi connectivity index (χ3v) is 5.29. The number of aliphatic carboxylic acids is 1. The van der Waals surface area contributed by atoms with Crippen molar-refractivity contribution in [1.29, 1.82) is 0 Å². The fourth-order valence-electron chi connectivity index (χ4n) is 3.82. The second-order valence-electron chi connectivity index (χ2n) is 7.47. The van der Waals surface area contributed by atoms with E-state index in [1.165, 1.54) is 12.3 Å². The number of aromatic nitrogens is 3. The minimum absolute atomic E-state index is 0.0503. The van der Waals surface area contributed by atoms with Gasteiger partial charge in [-0.05, 0) is 37.5 Å². The summed E-state index contributed by atoms with van der Waals surface area (Å²) in [5.41, 5.74) is -0.209. The van der Waals surface area contributed by atoms with E-state index in [2.05, 4.69) is 19.9 Å². The highest BCUT2D eigenvalue weighted by Crippen LogP contribution is 2.41. The maximum Gasteiger partial charge on any atom is 0.490 e.